The average molecular weight is 284 g/mol. The normalized spacial score (nSPS) is 13.6. The highest BCUT2D eigenvalue weighted by Crippen LogP contribution is 2.25. The molecule has 0 bridgehead atoms. The van der Waals surface area contributed by atoms with Gasteiger partial charge in [-0.1, -0.05) is 19.1 Å². The summed E-state index contributed by atoms with van der Waals surface area (Å²) in [5, 5.41) is 21.8. The summed E-state index contributed by atoms with van der Waals surface area (Å²) in [6.07, 6.45) is 0. The van der Waals surface area contributed by atoms with Gasteiger partial charge in [-0.2, -0.15) is 0 Å². The van der Waals surface area contributed by atoms with Crippen LogP contribution in [0, 0.1) is 10.1 Å². The number of nitrogens with one attached hydrogen (secondary N) is 1. The number of anilines is 1. The van der Waals surface area contributed by atoms with E-state index in [9.17, 15) is 14.9 Å². The van der Waals surface area contributed by atoms with Crippen molar-refractivity contribution in [3.8, 4) is 0 Å². The molecule has 6 nitrogen and oxygen atoms in total. The van der Waals surface area contributed by atoms with Gasteiger partial charge >= 0.3 is 0 Å². The highest BCUT2D eigenvalue weighted by Gasteiger charge is 2.20. The van der Waals surface area contributed by atoms with E-state index in [0.717, 1.165) is 0 Å². The fourth-order valence-corrected chi connectivity index (χ4v) is 2.39. The summed E-state index contributed by atoms with van der Waals surface area (Å²) in [4.78, 5) is 22.2. The van der Waals surface area contributed by atoms with Crippen LogP contribution < -0.4 is 5.32 Å². The number of aliphatic hydroxyl groups excluding tert-OH is 1. The molecule has 0 aliphatic carbocycles. The maximum Gasteiger partial charge on any atom is 0.292 e. The quantitative estimate of drug-likeness (QED) is 0.616. The van der Waals surface area contributed by atoms with Crippen LogP contribution in [0.1, 0.15) is 13.8 Å². The van der Waals surface area contributed by atoms with Crippen molar-refractivity contribution in [2.45, 2.75) is 24.3 Å². The van der Waals surface area contributed by atoms with Gasteiger partial charge in [0.25, 0.3) is 5.69 Å². The van der Waals surface area contributed by atoms with E-state index in [1.165, 1.54) is 23.9 Å². The van der Waals surface area contributed by atoms with Crippen molar-refractivity contribution in [1.82, 2.24) is 0 Å². The van der Waals surface area contributed by atoms with Crippen LogP contribution in [-0.4, -0.2) is 33.0 Å². The first-order valence-corrected chi connectivity index (χ1v) is 6.70. The molecule has 0 radical (unpaired) electrons. The van der Waals surface area contributed by atoms with Crippen LogP contribution in [0.3, 0.4) is 0 Å². The van der Waals surface area contributed by atoms with Gasteiger partial charge in [0.15, 0.2) is 0 Å². The molecule has 0 heterocycles. The lowest BCUT2D eigenvalue weighted by Gasteiger charge is -2.15. The topological polar surface area (TPSA) is 92.5 Å². The molecule has 2 N–H and O–H groups in total. The number of hydrogen-bond donors (Lipinski definition) is 2. The first kappa shape index (κ1) is 15.5. The van der Waals surface area contributed by atoms with Crippen molar-refractivity contribution in [3.63, 3.8) is 0 Å². The fraction of sp³-hybridized carbons (Fsp3) is 0.417. The molecule has 104 valence electrons. The molecule has 1 rings (SSSR count). The number of thioether (sulfide) groups is 1. The van der Waals surface area contributed by atoms with Gasteiger partial charge in [0.2, 0.25) is 5.91 Å². The Balaban J connectivity index is 2.74. The Bertz CT molecular complexity index is 467. The molecule has 0 aliphatic heterocycles. The predicted molar refractivity (Wildman–Crippen MR) is 75.3 cm³/mol. The molecule has 0 saturated carbocycles. The molecule has 0 aliphatic rings. The Kier molecular flexibility index (Phi) is 5.78. The van der Waals surface area contributed by atoms with E-state index in [2.05, 4.69) is 5.32 Å². The maximum absolute atomic E-state index is 11.9. The zero-order valence-electron chi connectivity index (χ0n) is 10.7. The van der Waals surface area contributed by atoms with Crippen molar-refractivity contribution in [2.24, 2.45) is 0 Å². The number of hydrogen-bond acceptors (Lipinski definition) is 5. The van der Waals surface area contributed by atoms with E-state index < -0.39 is 10.2 Å². The third-order valence-electron chi connectivity index (χ3n) is 2.42. The summed E-state index contributed by atoms with van der Waals surface area (Å²) < 4.78 is 0. The minimum atomic E-state index is -0.538. The van der Waals surface area contributed by atoms with Gasteiger partial charge in [-0.25, -0.2) is 0 Å². The van der Waals surface area contributed by atoms with Gasteiger partial charge in [-0.15, -0.1) is 11.8 Å². The Labute approximate surface area is 115 Å². The molecule has 7 heteroatoms. The molecule has 0 aromatic heterocycles. The minimum Gasteiger partial charge on any atom is -0.395 e. The molecular weight excluding hydrogens is 268 g/mol. The molecule has 0 saturated heterocycles. The molecule has 1 aromatic rings. The summed E-state index contributed by atoms with van der Waals surface area (Å²) in [7, 11) is 0. The summed E-state index contributed by atoms with van der Waals surface area (Å²) in [6.45, 7) is 3.48. The Morgan fingerprint density at radius 2 is 2.11 bits per heavy atom. The van der Waals surface area contributed by atoms with Gasteiger partial charge < -0.3 is 10.4 Å². The molecule has 1 amide bonds. The lowest BCUT2D eigenvalue weighted by Crippen LogP contribution is -2.25. The fourth-order valence-electron chi connectivity index (χ4n) is 1.43. The van der Waals surface area contributed by atoms with Crippen molar-refractivity contribution in [2.75, 3.05) is 11.9 Å². The van der Waals surface area contributed by atoms with Crippen molar-refractivity contribution >= 4 is 29.0 Å². The third-order valence-corrected chi connectivity index (χ3v) is 3.66. The van der Waals surface area contributed by atoms with Crippen LogP contribution in [0.25, 0.3) is 0 Å². The highest BCUT2D eigenvalue weighted by molar-refractivity contribution is 8.01. The standard InChI is InChI=1S/C12H16N2O4S/c1-8(7-15)19-9(2)12(16)13-10-5-3-4-6-11(10)14(17)18/h3-6,8-9,15H,7H2,1-2H3,(H,13,16)/t8-,9-/m1/s1. The van der Waals surface area contributed by atoms with Crippen molar-refractivity contribution < 1.29 is 14.8 Å². The summed E-state index contributed by atoms with van der Waals surface area (Å²) in [6, 6.07) is 5.99. The average Bonchev–Trinajstić information content (AvgIpc) is 2.38. The SMILES string of the molecule is C[C@H](CO)S[C@H](C)C(=O)Nc1ccccc1[N+](=O)[O-]. The second kappa shape index (κ2) is 7.10. The molecule has 1 aromatic carbocycles. The lowest BCUT2D eigenvalue weighted by atomic mass is 10.2. The first-order chi connectivity index (χ1) is 8.95. The number of para-hydroxylation sites is 2. The number of carbonyl (C=O) groups is 1. The van der Waals surface area contributed by atoms with Crippen molar-refractivity contribution in [1.29, 1.82) is 0 Å². The van der Waals surface area contributed by atoms with Crippen LogP contribution in [0.15, 0.2) is 24.3 Å². The Hall–Kier alpha value is -1.60. The second-order valence-electron chi connectivity index (χ2n) is 4.04. The molecule has 0 spiro atoms. The van der Waals surface area contributed by atoms with Gasteiger partial charge in [-0.3, -0.25) is 14.9 Å². The number of amides is 1. The smallest absolute Gasteiger partial charge is 0.292 e. The van der Waals surface area contributed by atoms with E-state index >= 15 is 0 Å². The Morgan fingerprint density at radius 1 is 1.47 bits per heavy atom. The minimum absolute atomic E-state index is 0.0201. The summed E-state index contributed by atoms with van der Waals surface area (Å²) in [5.74, 6) is -0.320. The number of benzene rings is 1. The predicted octanol–water partition coefficient (Wildman–Crippen LogP) is 2.04. The van der Waals surface area contributed by atoms with Crippen LogP contribution in [0.5, 0.6) is 0 Å². The molecule has 2 atom stereocenters. The number of aliphatic hydroxyl groups is 1. The van der Waals surface area contributed by atoms with E-state index in [1.807, 2.05) is 0 Å². The first-order valence-electron chi connectivity index (χ1n) is 5.76. The van der Waals surface area contributed by atoms with Gasteiger partial charge in [-0.05, 0) is 13.0 Å². The zero-order valence-corrected chi connectivity index (χ0v) is 11.5. The van der Waals surface area contributed by atoms with E-state index in [0.29, 0.717) is 0 Å². The summed E-state index contributed by atoms with van der Waals surface area (Å²) >= 11 is 1.31. The van der Waals surface area contributed by atoms with Crippen LogP contribution in [-0.2, 0) is 4.79 Å². The largest absolute Gasteiger partial charge is 0.395 e. The summed E-state index contributed by atoms with van der Waals surface area (Å²) in [5.41, 5.74) is 0.0462. The van der Waals surface area contributed by atoms with Crippen LogP contribution >= 0.6 is 11.8 Å². The number of nitrogens with zero attached hydrogens (tertiary/aromatic N) is 1. The van der Waals surface area contributed by atoms with Crippen LogP contribution in [0.2, 0.25) is 0 Å². The molecule has 19 heavy (non-hydrogen) atoms. The van der Waals surface area contributed by atoms with Gasteiger partial charge in [0, 0.05) is 11.3 Å². The number of nitro benzene ring substituents is 1. The zero-order chi connectivity index (χ0) is 14.4. The van der Waals surface area contributed by atoms with Gasteiger partial charge in [0.05, 0.1) is 16.8 Å². The number of rotatable bonds is 6. The lowest BCUT2D eigenvalue weighted by molar-refractivity contribution is -0.383. The van der Waals surface area contributed by atoms with Gasteiger partial charge in [0.1, 0.15) is 5.69 Å². The van der Waals surface area contributed by atoms with E-state index in [4.69, 9.17) is 5.11 Å². The Morgan fingerprint density at radius 3 is 2.68 bits per heavy atom. The maximum atomic E-state index is 11.9. The number of nitro groups is 1. The number of carbonyl (C=O) groups excluding carboxylic acids is 1. The van der Waals surface area contributed by atoms with E-state index in [-0.39, 0.29) is 29.1 Å². The van der Waals surface area contributed by atoms with E-state index in [1.54, 1.807) is 26.0 Å². The monoisotopic (exact) mass is 284 g/mol. The second-order valence-corrected chi connectivity index (χ2v) is 5.82. The third kappa shape index (κ3) is 4.53. The van der Waals surface area contributed by atoms with Crippen LogP contribution in [0.4, 0.5) is 11.4 Å². The highest BCUT2D eigenvalue weighted by atomic mass is 32.2. The molecule has 0 fully saturated rings. The molecule has 0 unspecified atom stereocenters. The molecular formula is C12H16N2O4S. The van der Waals surface area contributed by atoms with Crippen molar-refractivity contribution in [3.05, 3.63) is 34.4 Å².